The van der Waals surface area contributed by atoms with Crippen molar-refractivity contribution in [3.8, 4) is 5.75 Å². The minimum atomic E-state index is -0.572. The Balaban J connectivity index is 1.43. The summed E-state index contributed by atoms with van der Waals surface area (Å²) in [5.41, 5.74) is 2.17. The number of ether oxygens (including phenoxy) is 1. The number of hydrogen-bond donors (Lipinski definition) is 2. The average Bonchev–Trinajstić information content (AvgIpc) is 3.22. The number of imide groups is 1. The van der Waals surface area contributed by atoms with E-state index in [4.69, 9.17) is 4.74 Å². The molecule has 2 aromatic carbocycles. The predicted molar refractivity (Wildman–Crippen MR) is 103 cm³/mol. The lowest BCUT2D eigenvalue weighted by Gasteiger charge is -2.14. The van der Waals surface area contributed by atoms with Crippen molar-refractivity contribution in [1.29, 1.82) is 0 Å². The van der Waals surface area contributed by atoms with Gasteiger partial charge in [-0.3, -0.25) is 9.59 Å². The van der Waals surface area contributed by atoms with Crippen LogP contribution in [0.1, 0.15) is 12.0 Å². The number of methoxy groups -OCH3 is 1. The summed E-state index contributed by atoms with van der Waals surface area (Å²) in [5.74, 6) is -0.518. The van der Waals surface area contributed by atoms with Gasteiger partial charge in [0.1, 0.15) is 11.6 Å². The third-order valence-electron chi connectivity index (χ3n) is 5.11. The van der Waals surface area contributed by atoms with Gasteiger partial charge in [-0.05, 0) is 35.9 Å². The molecule has 3 aromatic rings. The first-order chi connectivity index (χ1) is 13.6. The van der Waals surface area contributed by atoms with Crippen LogP contribution in [0, 0.1) is 5.82 Å². The van der Waals surface area contributed by atoms with Gasteiger partial charge in [0, 0.05) is 23.5 Å². The fourth-order valence-electron chi connectivity index (χ4n) is 3.66. The second-order valence-electron chi connectivity index (χ2n) is 6.83. The van der Waals surface area contributed by atoms with Crippen LogP contribution in [0.15, 0.2) is 48.7 Å². The lowest BCUT2D eigenvalue weighted by molar-refractivity contribution is -0.674. The van der Waals surface area contributed by atoms with Crippen molar-refractivity contribution in [2.45, 2.75) is 18.9 Å². The largest absolute Gasteiger partial charge is 0.497 e. The predicted octanol–water partition coefficient (Wildman–Crippen LogP) is 1.75. The van der Waals surface area contributed by atoms with Crippen molar-refractivity contribution < 1.29 is 24.0 Å². The van der Waals surface area contributed by atoms with Gasteiger partial charge in [0.2, 0.25) is 5.91 Å². The molecule has 0 spiro atoms. The number of nitrogens with one attached hydrogen (secondary N) is 1. The second kappa shape index (κ2) is 7.44. The lowest BCUT2D eigenvalue weighted by atomic mass is 10.1. The zero-order valence-electron chi connectivity index (χ0n) is 15.4. The fraction of sp³-hybridized carbons (Fsp3) is 0.238. The number of amides is 2. The summed E-state index contributed by atoms with van der Waals surface area (Å²) in [6.07, 6.45) is 2.75. The van der Waals surface area contributed by atoms with E-state index in [9.17, 15) is 14.0 Å². The molecule has 3 N–H and O–H groups in total. The molecule has 2 heterocycles. The number of aromatic nitrogens is 1. The van der Waals surface area contributed by atoms with Crippen LogP contribution in [0.2, 0.25) is 0 Å². The number of aromatic amines is 1. The van der Waals surface area contributed by atoms with Gasteiger partial charge in [-0.2, -0.15) is 0 Å². The maximum Gasteiger partial charge on any atom is 0.292 e. The van der Waals surface area contributed by atoms with Crippen LogP contribution in [-0.4, -0.2) is 36.5 Å². The number of hydrogen-bond acceptors (Lipinski definition) is 3. The zero-order chi connectivity index (χ0) is 19.7. The number of halogens is 1. The molecule has 6 nitrogen and oxygen atoms in total. The third-order valence-corrected chi connectivity index (χ3v) is 5.11. The maximum absolute atomic E-state index is 14.0. The minimum absolute atomic E-state index is 0.0251. The highest BCUT2D eigenvalue weighted by Crippen LogP contribution is 2.25. The van der Waals surface area contributed by atoms with Crippen molar-refractivity contribution in [3.63, 3.8) is 0 Å². The summed E-state index contributed by atoms with van der Waals surface area (Å²) >= 11 is 0. The van der Waals surface area contributed by atoms with E-state index in [1.165, 1.54) is 18.2 Å². The molecule has 7 heteroatoms. The molecule has 4 rings (SSSR count). The van der Waals surface area contributed by atoms with Gasteiger partial charge in [-0.1, -0.05) is 12.1 Å². The van der Waals surface area contributed by atoms with Crippen molar-refractivity contribution in [2.75, 3.05) is 18.6 Å². The Morgan fingerprint density at radius 1 is 1.25 bits per heavy atom. The van der Waals surface area contributed by atoms with E-state index < -0.39 is 11.9 Å². The first-order valence-electron chi connectivity index (χ1n) is 9.17. The Bertz CT molecular complexity index is 1050. The topological polar surface area (TPSA) is 79.0 Å². The Kier molecular flexibility index (Phi) is 4.83. The number of nitrogens with zero attached hydrogens (tertiary/aromatic N) is 1. The van der Waals surface area contributed by atoms with Crippen LogP contribution < -0.4 is 15.0 Å². The Hall–Kier alpha value is -3.19. The number of nitrogens with two attached hydrogens (primary N) is 1. The first kappa shape index (κ1) is 18.2. The number of carbonyl (C=O) groups excluding carboxylic acids is 2. The molecule has 0 radical (unpaired) electrons. The molecule has 1 aliphatic heterocycles. The number of carbonyl (C=O) groups is 2. The first-order valence-corrected chi connectivity index (χ1v) is 9.17. The monoisotopic (exact) mass is 382 g/mol. The summed E-state index contributed by atoms with van der Waals surface area (Å²) in [6.45, 7) is 0.638. The maximum atomic E-state index is 14.0. The number of para-hydroxylation sites is 1. The van der Waals surface area contributed by atoms with Gasteiger partial charge >= 0.3 is 0 Å². The summed E-state index contributed by atoms with van der Waals surface area (Å²) in [7, 11) is 1.63. The highest BCUT2D eigenvalue weighted by Gasteiger charge is 2.42. The van der Waals surface area contributed by atoms with Crippen LogP contribution in [0.5, 0.6) is 5.75 Å². The Morgan fingerprint density at radius 3 is 2.86 bits per heavy atom. The van der Waals surface area contributed by atoms with Gasteiger partial charge in [0.05, 0.1) is 25.8 Å². The van der Waals surface area contributed by atoms with E-state index in [0.717, 1.165) is 33.5 Å². The van der Waals surface area contributed by atoms with E-state index >= 15 is 0 Å². The Morgan fingerprint density at radius 2 is 2.07 bits per heavy atom. The van der Waals surface area contributed by atoms with Crippen LogP contribution in [0.4, 0.5) is 10.1 Å². The van der Waals surface area contributed by atoms with Gasteiger partial charge in [0.15, 0.2) is 6.04 Å². The minimum Gasteiger partial charge on any atom is -0.497 e. The number of anilines is 1. The molecular formula is C21H21FN3O3+. The van der Waals surface area contributed by atoms with Crippen LogP contribution in [0.25, 0.3) is 10.9 Å². The molecule has 144 valence electrons. The molecule has 0 bridgehead atoms. The van der Waals surface area contributed by atoms with Crippen LogP contribution in [0.3, 0.4) is 0 Å². The van der Waals surface area contributed by atoms with Crippen LogP contribution in [-0.2, 0) is 16.0 Å². The normalized spacial score (nSPS) is 16.9. The van der Waals surface area contributed by atoms with E-state index in [2.05, 4.69) is 4.98 Å². The number of quaternary nitrogens is 1. The van der Waals surface area contributed by atoms with E-state index in [1.807, 2.05) is 29.7 Å². The quantitative estimate of drug-likeness (QED) is 0.638. The summed E-state index contributed by atoms with van der Waals surface area (Å²) in [5, 5.41) is 2.94. The molecule has 0 unspecified atom stereocenters. The Labute approximate surface area is 161 Å². The zero-order valence-corrected chi connectivity index (χ0v) is 15.4. The average molecular weight is 382 g/mol. The molecule has 0 saturated carbocycles. The van der Waals surface area contributed by atoms with E-state index in [0.29, 0.717) is 6.54 Å². The number of fused-ring (bicyclic) bond motifs is 1. The fourth-order valence-corrected chi connectivity index (χ4v) is 3.66. The smallest absolute Gasteiger partial charge is 0.292 e. The van der Waals surface area contributed by atoms with E-state index in [-0.39, 0.29) is 23.9 Å². The summed E-state index contributed by atoms with van der Waals surface area (Å²) < 4.78 is 19.3. The molecule has 2 amide bonds. The standard InChI is InChI=1S/C21H20FN3O3/c1-28-14-6-7-17-15(10-14)13(12-24-17)8-9-23-18-11-20(26)25(21(18)27)19-5-3-2-4-16(19)22/h2-7,10,12,18,23-24H,8-9,11H2,1H3/p+1/t18-/m1/s1. The summed E-state index contributed by atoms with van der Waals surface area (Å²) in [6, 6.07) is 11.2. The third kappa shape index (κ3) is 3.25. The highest BCUT2D eigenvalue weighted by molar-refractivity contribution is 6.21. The molecule has 1 saturated heterocycles. The van der Waals surface area contributed by atoms with Crippen molar-refractivity contribution >= 4 is 28.4 Å². The second-order valence-corrected chi connectivity index (χ2v) is 6.83. The molecule has 0 aliphatic carbocycles. The van der Waals surface area contributed by atoms with Gasteiger partial charge < -0.3 is 15.0 Å². The van der Waals surface area contributed by atoms with Gasteiger partial charge in [-0.25, -0.2) is 9.29 Å². The van der Waals surface area contributed by atoms with Crippen molar-refractivity contribution in [2.24, 2.45) is 0 Å². The molecule has 1 fully saturated rings. The number of benzene rings is 2. The SMILES string of the molecule is COc1ccc2[nH]cc(CC[NH2+][C@@H]3CC(=O)N(c4ccccc4F)C3=O)c2c1. The lowest BCUT2D eigenvalue weighted by Crippen LogP contribution is -2.92. The summed E-state index contributed by atoms with van der Waals surface area (Å²) in [4.78, 5) is 29.1. The molecular weight excluding hydrogens is 361 g/mol. The number of H-pyrrole nitrogens is 1. The van der Waals surface area contributed by atoms with Gasteiger partial charge in [-0.15, -0.1) is 0 Å². The van der Waals surface area contributed by atoms with Crippen LogP contribution >= 0.6 is 0 Å². The van der Waals surface area contributed by atoms with Crippen molar-refractivity contribution in [1.82, 2.24) is 4.98 Å². The van der Waals surface area contributed by atoms with E-state index in [1.54, 1.807) is 13.2 Å². The number of rotatable bonds is 6. The molecule has 1 aromatic heterocycles. The molecule has 28 heavy (non-hydrogen) atoms. The molecule has 1 atom stereocenters. The highest BCUT2D eigenvalue weighted by atomic mass is 19.1. The van der Waals surface area contributed by atoms with Crippen molar-refractivity contribution in [3.05, 3.63) is 60.0 Å². The van der Waals surface area contributed by atoms with Gasteiger partial charge in [0.25, 0.3) is 5.91 Å². The molecule has 1 aliphatic rings.